The quantitative estimate of drug-likeness (QED) is 0.567. The number of benzene rings is 2. The fourth-order valence-electron chi connectivity index (χ4n) is 4.30. The van der Waals surface area contributed by atoms with Gasteiger partial charge in [0.1, 0.15) is 11.6 Å². The molecule has 9 nitrogen and oxygen atoms in total. The molecule has 0 atom stereocenters. The summed E-state index contributed by atoms with van der Waals surface area (Å²) in [6.45, 7) is 9.31. The van der Waals surface area contributed by atoms with E-state index in [4.69, 9.17) is 9.72 Å². The number of piperazine rings is 1. The van der Waals surface area contributed by atoms with Crippen molar-refractivity contribution in [3.05, 3.63) is 53.3 Å². The van der Waals surface area contributed by atoms with Crippen LogP contribution in [0.5, 0.6) is 5.75 Å². The molecule has 0 spiro atoms. The van der Waals surface area contributed by atoms with Crippen LogP contribution in [0.15, 0.2) is 36.4 Å². The highest BCUT2D eigenvalue weighted by atomic mass is 16.5. The summed E-state index contributed by atoms with van der Waals surface area (Å²) in [7, 11) is 3.60. The Morgan fingerprint density at radius 2 is 1.83 bits per heavy atom. The van der Waals surface area contributed by atoms with Gasteiger partial charge in [0, 0.05) is 44.8 Å². The molecular weight excluding hydrogens is 444 g/mol. The summed E-state index contributed by atoms with van der Waals surface area (Å²) < 4.78 is 7.44. The smallest absolute Gasteiger partial charge is 0.322 e. The van der Waals surface area contributed by atoms with Crippen LogP contribution in [0.1, 0.15) is 35.6 Å². The number of carbonyl (C=O) groups is 2. The summed E-state index contributed by atoms with van der Waals surface area (Å²) in [4.78, 5) is 34.1. The minimum absolute atomic E-state index is 0.0806. The third kappa shape index (κ3) is 5.57. The zero-order chi connectivity index (χ0) is 25.1. The van der Waals surface area contributed by atoms with Crippen LogP contribution in [0.4, 0.5) is 10.5 Å². The highest BCUT2D eigenvalue weighted by Crippen LogP contribution is 2.26. The Hall–Kier alpha value is -3.59. The summed E-state index contributed by atoms with van der Waals surface area (Å²) in [5, 5.41) is 5.91. The summed E-state index contributed by atoms with van der Waals surface area (Å²) in [6, 6.07) is 11.3. The van der Waals surface area contributed by atoms with E-state index in [9.17, 15) is 9.59 Å². The lowest BCUT2D eigenvalue weighted by Crippen LogP contribution is -2.49. The van der Waals surface area contributed by atoms with Gasteiger partial charge in [-0.1, -0.05) is 6.07 Å². The lowest BCUT2D eigenvalue weighted by Gasteiger charge is -2.34. The Morgan fingerprint density at radius 3 is 2.51 bits per heavy atom. The van der Waals surface area contributed by atoms with Crippen molar-refractivity contribution in [2.45, 2.75) is 33.4 Å². The lowest BCUT2D eigenvalue weighted by molar-refractivity contribution is 0.0943. The van der Waals surface area contributed by atoms with Crippen LogP contribution in [0.25, 0.3) is 11.0 Å². The molecule has 4 rings (SSSR count). The maximum atomic E-state index is 12.8. The highest BCUT2D eigenvalue weighted by molar-refractivity contribution is 5.97. The topological polar surface area (TPSA) is 91.7 Å². The average Bonchev–Trinajstić information content (AvgIpc) is 3.13. The molecule has 1 aliphatic heterocycles. The summed E-state index contributed by atoms with van der Waals surface area (Å²) in [5.41, 5.74) is 4.15. The molecule has 1 saturated heterocycles. The minimum Gasteiger partial charge on any atom is -0.495 e. The van der Waals surface area contributed by atoms with Crippen molar-refractivity contribution >= 4 is 28.7 Å². The number of methoxy groups -OCH3 is 1. The van der Waals surface area contributed by atoms with Crippen molar-refractivity contribution in [3.8, 4) is 5.75 Å². The van der Waals surface area contributed by atoms with E-state index in [1.807, 2.05) is 69.1 Å². The number of urea groups is 1. The zero-order valence-electron chi connectivity index (χ0n) is 21.1. The van der Waals surface area contributed by atoms with Gasteiger partial charge in [-0.2, -0.15) is 0 Å². The molecule has 186 valence electrons. The monoisotopic (exact) mass is 478 g/mol. The Balaban J connectivity index is 1.37. The number of hydrogen-bond donors (Lipinski definition) is 2. The number of aryl methyl sites for hydroxylation is 2. The molecule has 0 saturated carbocycles. The lowest BCUT2D eigenvalue weighted by atomic mass is 10.2. The molecule has 1 aromatic heterocycles. The molecule has 0 radical (unpaired) electrons. The van der Waals surface area contributed by atoms with Gasteiger partial charge in [0.05, 0.1) is 30.4 Å². The van der Waals surface area contributed by atoms with E-state index >= 15 is 0 Å². The van der Waals surface area contributed by atoms with Crippen LogP contribution in [0.2, 0.25) is 0 Å². The van der Waals surface area contributed by atoms with Crippen LogP contribution in [0.3, 0.4) is 0 Å². The normalized spacial score (nSPS) is 14.4. The van der Waals surface area contributed by atoms with Crippen molar-refractivity contribution in [3.63, 3.8) is 0 Å². The minimum atomic E-state index is -0.122. The van der Waals surface area contributed by atoms with E-state index in [0.717, 1.165) is 35.5 Å². The summed E-state index contributed by atoms with van der Waals surface area (Å²) >= 11 is 0. The predicted octanol–water partition coefficient (Wildman–Crippen LogP) is 3.38. The molecule has 3 amide bonds. The number of nitrogens with zero attached hydrogens (tertiary/aromatic N) is 4. The van der Waals surface area contributed by atoms with Crippen LogP contribution < -0.4 is 15.4 Å². The number of hydrogen-bond acceptors (Lipinski definition) is 5. The van der Waals surface area contributed by atoms with Gasteiger partial charge in [-0.25, -0.2) is 9.78 Å². The van der Waals surface area contributed by atoms with Gasteiger partial charge < -0.3 is 24.8 Å². The molecule has 2 aromatic carbocycles. The average molecular weight is 479 g/mol. The van der Waals surface area contributed by atoms with E-state index in [1.165, 1.54) is 0 Å². The van der Waals surface area contributed by atoms with Crippen molar-refractivity contribution in [2.75, 3.05) is 38.6 Å². The fourth-order valence-corrected chi connectivity index (χ4v) is 4.30. The largest absolute Gasteiger partial charge is 0.495 e. The number of aromatic nitrogens is 2. The zero-order valence-corrected chi connectivity index (χ0v) is 21.1. The molecule has 0 unspecified atom stereocenters. The number of nitrogens with one attached hydrogen (secondary N) is 2. The Labute approximate surface area is 206 Å². The number of carbonyl (C=O) groups excluding carboxylic acids is 2. The molecule has 0 bridgehead atoms. The first-order valence-corrected chi connectivity index (χ1v) is 11.9. The number of rotatable bonds is 6. The standard InChI is InChI=1S/C26H34N6O3/c1-17(2)27-25(33)19-7-8-22-20(15-19)28-24(30(22)4)16-31-10-12-32(13-11-31)26(34)29-21-14-18(3)6-9-23(21)35-5/h6-9,14-15,17H,10-13,16H2,1-5H3,(H,27,33)(H,29,34). The van der Waals surface area contributed by atoms with Crippen molar-refractivity contribution in [1.29, 1.82) is 0 Å². The summed E-state index contributed by atoms with van der Waals surface area (Å²) in [5.74, 6) is 1.49. The molecule has 0 aliphatic carbocycles. The van der Waals surface area contributed by atoms with E-state index in [2.05, 4.69) is 20.1 Å². The first-order valence-electron chi connectivity index (χ1n) is 11.9. The molecule has 1 aliphatic rings. The molecular formula is C26H34N6O3. The van der Waals surface area contributed by atoms with Crippen molar-refractivity contribution in [1.82, 2.24) is 24.7 Å². The third-order valence-corrected chi connectivity index (χ3v) is 6.28. The van der Waals surface area contributed by atoms with Crippen LogP contribution in [-0.2, 0) is 13.6 Å². The van der Waals surface area contributed by atoms with Crippen LogP contribution >= 0.6 is 0 Å². The molecule has 35 heavy (non-hydrogen) atoms. The van der Waals surface area contributed by atoms with Gasteiger partial charge in [-0.05, 0) is 56.7 Å². The van der Waals surface area contributed by atoms with Crippen LogP contribution in [-0.4, -0.2) is 70.6 Å². The number of ether oxygens (including phenoxy) is 1. The Morgan fingerprint density at radius 1 is 1.09 bits per heavy atom. The molecule has 2 N–H and O–H groups in total. The molecule has 3 aromatic rings. The fraction of sp³-hybridized carbons (Fsp3) is 0.423. The number of imidazole rings is 1. The maximum Gasteiger partial charge on any atom is 0.322 e. The number of fused-ring (bicyclic) bond motifs is 1. The number of amides is 3. The second kappa shape index (κ2) is 10.4. The van der Waals surface area contributed by atoms with Gasteiger partial charge in [-0.3, -0.25) is 9.69 Å². The van der Waals surface area contributed by atoms with Crippen LogP contribution in [0, 0.1) is 6.92 Å². The van der Waals surface area contributed by atoms with Gasteiger partial charge in [-0.15, -0.1) is 0 Å². The first-order chi connectivity index (χ1) is 16.7. The van der Waals surface area contributed by atoms with E-state index in [-0.39, 0.29) is 18.0 Å². The third-order valence-electron chi connectivity index (χ3n) is 6.28. The van der Waals surface area contributed by atoms with Crippen molar-refractivity contribution < 1.29 is 14.3 Å². The van der Waals surface area contributed by atoms with E-state index < -0.39 is 0 Å². The van der Waals surface area contributed by atoms with Crippen molar-refractivity contribution in [2.24, 2.45) is 7.05 Å². The Kier molecular flexibility index (Phi) is 7.25. The summed E-state index contributed by atoms with van der Waals surface area (Å²) in [6.07, 6.45) is 0. The first kappa shape index (κ1) is 24.5. The van der Waals surface area contributed by atoms with E-state index in [0.29, 0.717) is 36.6 Å². The van der Waals surface area contributed by atoms with Gasteiger partial charge in [0.25, 0.3) is 5.91 Å². The molecule has 1 fully saturated rings. The highest BCUT2D eigenvalue weighted by Gasteiger charge is 2.23. The van der Waals surface area contributed by atoms with Gasteiger partial charge in [0.15, 0.2) is 0 Å². The predicted molar refractivity (Wildman–Crippen MR) is 137 cm³/mol. The van der Waals surface area contributed by atoms with E-state index in [1.54, 1.807) is 7.11 Å². The SMILES string of the molecule is COc1ccc(C)cc1NC(=O)N1CCN(Cc2nc3cc(C(=O)NC(C)C)ccc3n2C)CC1. The maximum absolute atomic E-state index is 12.8. The second-order valence-electron chi connectivity index (χ2n) is 9.32. The number of anilines is 1. The molecule has 2 heterocycles. The van der Waals surface area contributed by atoms with Gasteiger partial charge >= 0.3 is 6.03 Å². The van der Waals surface area contributed by atoms with Gasteiger partial charge in [0.2, 0.25) is 0 Å². The Bertz CT molecular complexity index is 1230. The second-order valence-corrected chi connectivity index (χ2v) is 9.32. The molecule has 9 heteroatoms.